The first-order chi connectivity index (χ1) is 17.5. The van der Waals surface area contributed by atoms with Gasteiger partial charge in [-0.2, -0.15) is 0 Å². The number of nitrogens with two attached hydrogens (primary N) is 1. The number of rotatable bonds is 2. The highest BCUT2D eigenvalue weighted by Crippen LogP contribution is 2.27. The van der Waals surface area contributed by atoms with Gasteiger partial charge in [0.15, 0.2) is 0 Å². The number of carbonyl (C=O) groups is 2. The average Bonchev–Trinajstić information content (AvgIpc) is 2.87. The summed E-state index contributed by atoms with van der Waals surface area (Å²) in [7, 11) is 0. The molecule has 4 aromatic rings. The quantitative estimate of drug-likeness (QED) is 0.254. The van der Waals surface area contributed by atoms with Crippen LogP contribution in [-0.4, -0.2) is 16.8 Å². The van der Waals surface area contributed by atoms with Gasteiger partial charge in [-0.25, -0.2) is 4.98 Å². The number of nitrogen functional groups attached to an aromatic ring is 1. The molecule has 3 heterocycles. The molecule has 0 aliphatic carbocycles. The predicted octanol–water partition coefficient (Wildman–Crippen LogP) is 4.85. The molecule has 2 aliphatic heterocycles. The molecular formula is C28H27N5O2S. The van der Waals surface area contributed by atoms with Gasteiger partial charge in [-0.15, -0.1) is 12.6 Å². The minimum atomic E-state index is -0.616. The highest BCUT2D eigenvalue weighted by molar-refractivity contribution is 7.80. The van der Waals surface area contributed by atoms with E-state index in [-0.39, 0.29) is 18.4 Å². The van der Waals surface area contributed by atoms with Gasteiger partial charge in [0, 0.05) is 40.8 Å². The van der Waals surface area contributed by atoms with Gasteiger partial charge in [-0.3, -0.25) is 9.59 Å². The number of thiol groups is 1. The van der Waals surface area contributed by atoms with E-state index in [1.165, 1.54) is 0 Å². The summed E-state index contributed by atoms with van der Waals surface area (Å²) >= 11 is 4.54. The molecule has 0 fully saturated rings. The summed E-state index contributed by atoms with van der Waals surface area (Å²) in [5.74, 6) is 0.266. The van der Waals surface area contributed by atoms with Crippen LogP contribution in [0.3, 0.4) is 0 Å². The Morgan fingerprint density at radius 2 is 1.81 bits per heavy atom. The standard InChI is InChI=1S/C28H27N5O2S/c29-27-23-10-8-22(14-19(23)12-13-30-27)33-26-18-6-4-17(5-7-18)2-1-3-25(34)32-21-9-11-24(36)20(15-21)16-31-28(26)35/h4-15,26,33,36H,1-3,16H2,(H2,29,30)(H,31,35)(H,32,34). The molecule has 0 saturated carbocycles. The summed E-state index contributed by atoms with van der Waals surface area (Å²) in [6, 6.07) is 20.5. The Morgan fingerprint density at radius 3 is 2.64 bits per heavy atom. The molecule has 1 atom stereocenters. The molecule has 0 spiro atoms. The first-order valence-electron chi connectivity index (χ1n) is 11.9. The van der Waals surface area contributed by atoms with E-state index < -0.39 is 6.04 Å². The molecule has 0 radical (unpaired) electrons. The van der Waals surface area contributed by atoms with Crippen molar-refractivity contribution in [3.05, 3.63) is 89.6 Å². The smallest absolute Gasteiger partial charge is 0.247 e. The van der Waals surface area contributed by atoms with Crippen molar-refractivity contribution >= 4 is 52.4 Å². The number of aromatic nitrogens is 1. The number of aryl methyl sites for hydroxylation is 1. The van der Waals surface area contributed by atoms with Gasteiger partial charge in [-0.05, 0) is 77.4 Å². The van der Waals surface area contributed by atoms with E-state index in [4.69, 9.17) is 5.73 Å². The van der Waals surface area contributed by atoms with Crippen LogP contribution in [0.2, 0.25) is 0 Å². The third kappa shape index (κ3) is 5.28. The highest BCUT2D eigenvalue weighted by atomic mass is 32.1. The maximum atomic E-state index is 13.5. The van der Waals surface area contributed by atoms with Crippen molar-refractivity contribution in [1.29, 1.82) is 0 Å². The third-order valence-corrected chi connectivity index (χ3v) is 6.80. The molecule has 1 aromatic heterocycles. The summed E-state index contributed by atoms with van der Waals surface area (Å²) in [5.41, 5.74) is 10.3. The molecule has 8 heteroatoms. The molecule has 182 valence electrons. The molecule has 7 nitrogen and oxygen atoms in total. The van der Waals surface area contributed by atoms with Gasteiger partial charge in [0.25, 0.3) is 0 Å². The lowest BCUT2D eigenvalue weighted by Gasteiger charge is -2.21. The zero-order valence-electron chi connectivity index (χ0n) is 19.6. The van der Waals surface area contributed by atoms with Crippen LogP contribution < -0.4 is 21.7 Å². The van der Waals surface area contributed by atoms with E-state index in [0.29, 0.717) is 17.9 Å². The van der Waals surface area contributed by atoms with Gasteiger partial charge in [-0.1, -0.05) is 24.3 Å². The Kier molecular flexibility index (Phi) is 6.77. The molecule has 4 bridgehead atoms. The second kappa shape index (κ2) is 10.3. The van der Waals surface area contributed by atoms with E-state index in [1.807, 2.05) is 66.7 Å². The molecule has 3 aromatic carbocycles. The van der Waals surface area contributed by atoms with Crippen LogP contribution in [0.15, 0.2) is 77.8 Å². The maximum absolute atomic E-state index is 13.5. The fourth-order valence-corrected chi connectivity index (χ4v) is 4.62. The summed E-state index contributed by atoms with van der Waals surface area (Å²) in [5, 5.41) is 11.2. The highest BCUT2D eigenvalue weighted by Gasteiger charge is 2.21. The number of pyridine rings is 1. The lowest BCUT2D eigenvalue weighted by atomic mass is 10.0. The minimum absolute atomic E-state index is 0.0298. The van der Waals surface area contributed by atoms with Gasteiger partial charge < -0.3 is 21.7 Å². The summed E-state index contributed by atoms with van der Waals surface area (Å²) < 4.78 is 0. The predicted molar refractivity (Wildman–Crippen MR) is 146 cm³/mol. The number of hydrogen-bond acceptors (Lipinski definition) is 6. The van der Waals surface area contributed by atoms with Gasteiger partial charge in [0.1, 0.15) is 11.9 Å². The summed E-state index contributed by atoms with van der Waals surface area (Å²) in [4.78, 5) is 30.7. The fraction of sp³-hybridized carbons (Fsp3) is 0.179. The van der Waals surface area contributed by atoms with Crippen LogP contribution in [0.25, 0.3) is 10.8 Å². The summed E-state index contributed by atoms with van der Waals surface area (Å²) in [6.45, 7) is 0.275. The van der Waals surface area contributed by atoms with Crippen molar-refractivity contribution in [1.82, 2.24) is 10.3 Å². The Labute approximate surface area is 214 Å². The number of hydrogen-bond donors (Lipinski definition) is 5. The average molecular weight is 498 g/mol. The number of fused-ring (bicyclic) bond motifs is 10. The van der Waals surface area contributed by atoms with Crippen molar-refractivity contribution < 1.29 is 9.59 Å². The van der Waals surface area contributed by atoms with E-state index in [1.54, 1.807) is 6.20 Å². The van der Waals surface area contributed by atoms with Crippen LogP contribution in [0.1, 0.15) is 35.6 Å². The van der Waals surface area contributed by atoms with E-state index in [2.05, 4.69) is 33.6 Å². The monoisotopic (exact) mass is 497 g/mol. The fourth-order valence-electron chi connectivity index (χ4n) is 4.40. The van der Waals surface area contributed by atoms with Crippen molar-refractivity contribution in [2.45, 2.75) is 36.7 Å². The maximum Gasteiger partial charge on any atom is 0.247 e. The first-order valence-corrected chi connectivity index (χ1v) is 12.3. The van der Waals surface area contributed by atoms with Crippen LogP contribution in [-0.2, 0) is 22.6 Å². The van der Waals surface area contributed by atoms with Crippen LogP contribution in [0.5, 0.6) is 0 Å². The second-order valence-corrected chi connectivity index (χ2v) is 9.40. The van der Waals surface area contributed by atoms with Crippen molar-refractivity contribution in [3.8, 4) is 0 Å². The summed E-state index contributed by atoms with van der Waals surface area (Å²) in [6.07, 6.45) is 3.62. The second-order valence-electron chi connectivity index (χ2n) is 8.91. The minimum Gasteiger partial charge on any atom is -0.383 e. The number of carbonyl (C=O) groups excluding carboxylic acids is 2. The molecule has 0 saturated heterocycles. The molecule has 6 rings (SSSR count). The number of nitrogens with zero attached hydrogens (tertiary/aromatic N) is 1. The lowest BCUT2D eigenvalue weighted by Crippen LogP contribution is -2.33. The molecule has 5 N–H and O–H groups in total. The molecular weight excluding hydrogens is 470 g/mol. The van der Waals surface area contributed by atoms with Gasteiger partial charge >= 0.3 is 0 Å². The lowest BCUT2D eigenvalue weighted by molar-refractivity contribution is -0.122. The number of anilines is 3. The third-order valence-electron chi connectivity index (χ3n) is 6.37. The van der Waals surface area contributed by atoms with Gasteiger partial charge in [0.2, 0.25) is 11.8 Å². The van der Waals surface area contributed by atoms with Crippen LogP contribution >= 0.6 is 12.6 Å². The SMILES string of the molecule is Nc1nccc2cc(NC3C(=O)NCc4cc(ccc4S)NC(=O)CCCc4ccc3cc4)ccc12. The first kappa shape index (κ1) is 23.7. The molecule has 2 aliphatic rings. The van der Waals surface area contributed by atoms with Crippen molar-refractivity contribution in [3.63, 3.8) is 0 Å². The normalized spacial score (nSPS) is 16.4. The Balaban J connectivity index is 1.47. The van der Waals surface area contributed by atoms with Crippen LogP contribution in [0, 0.1) is 0 Å². The molecule has 2 amide bonds. The topological polar surface area (TPSA) is 109 Å². The Bertz CT molecular complexity index is 1440. The largest absolute Gasteiger partial charge is 0.383 e. The zero-order valence-corrected chi connectivity index (χ0v) is 20.5. The number of amides is 2. The van der Waals surface area contributed by atoms with E-state index >= 15 is 0 Å². The zero-order chi connectivity index (χ0) is 25.1. The number of nitrogens with one attached hydrogen (secondary N) is 3. The van der Waals surface area contributed by atoms with E-state index in [0.717, 1.165) is 50.9 Å². The number of benzene rings is 3. The van der Waals surface area contributed by atoms with E-state index in [9.17, 15) is 9.59 Å². The van der Waals surface area contributed by atoms with Crippen molar-refractivity contribution in [2.24, 2.45) is 0 Å². The Hall–Kier alpha value is -4.04. The molecule has 36 heavy (non-hydrogen) atoms. The van der Waals surface area contributed by atoms with Gasteiger partial charge in [0.05, 0.1) is 0 Å². The van der Waals surface area contributed by atoms with Crippen molar-refractivity contribution in [2.75, 3.05) is 16.4 Å². The Morgan fingerprint density at radius 1 is 0.972 bits per heavy atom. The molecule has 1 unspecified atom stereocenters. The van der Waals surface area contributed by atoms with Crippen LogP contribution in [0.4, 0.5) is 17.2 Å².